The number of likely N-dealkylation sites (tertiary alicyclic amines) is 1. The fourth-order valence-corrected chi connectivity index (χ4v) is 5.91. The summed E-state index contributed by atoms with van der Waals surface area (Å²) >= 11 is 6.03. The van der Waals surface area contributed by atoms with Crippen LogP contribution in [0.25, 0.3) is 0 Å². The van der Waals surface area contributed by atoms with E-state index in [4.69, 9.17) is 16.3 Å². The molecule has 1 amide bonds. The molecule has 0 aromatic heterocycles. The highest BCUT2D eigenvalue weighted by atomic mass is 35.5. The van der Waals surface area contributed by atoms with Crippen LogP contribution >= 0.6 is 11.6 Å². The Kier molecular flexibility index (Phi) is 8.02. The number of hydrogen-bond acceptors (Lipinski definition) is 5. The predicted octanol–water partition coefficient (Wildman–Crippen LogP) is 3.00. The SMILES string of the molecule is C=CCOC(=O)N1CCC(N2C[C@H](C)N(S(C)(=O)=O)CC2Cc2ccc(Cl)cc2)CC1. The molecule has 0 spiro atoms. The first-order valence-corrected chi connectivity index (χ1v) is 12.9. The molecule has 7 nitrogen and oxygen atoms in total. The second-order valence-corrected chi connectivity index (χ2v) is 10.8. The second kappa shape index (κ2) is 10.3. The molecule has 2 saturated heterocycles. The zero-order chi connectivity index (χ0) is 22.6. The van der Waals surface area contributed by atoms with Gasteiger partial charge in [-0.1, -0.05) is 36.4 Å². The molecule has 0 bridgehead atoms. The molecule has 0 saturated carbocycles. The first-order valence-electron chi connectivity index (χ1n) is 10.7. The third kappa shape index (κ3) is 6.22. The zero-order valence-electron chi connectivity index (χ0n) is 18.2. The third-order valence-corrected chi connectivity index (χ3v) is 7.77. The van der Waals surface area contributed by atoms with Gasteiger partial charge in [0, 0.05) is 49.3 Å². The van der Waals surface area contributed by atoms with Crippen LogP contribution in [0.5, 0.6) is 0 Å². The lowest BCUT2D eigenvalue weighted by molar-refractivity contribution is 0.0167. The van der Waals surface area contributed by atoms with Crippen LogP contribution in [0.15, 0.2) is 36.9 Å². The van der Waals surface area contributed by atoms with Gasteiger partial charge in [0.1, 0.15) is 6.61 Å². The molecule has 1 aromatic rings. The number of halogens is 1. The Bertz CT molecular complexity index is 869. The highest BCUT2D eigenvalue weighted by molar-refractivity contribution is 7.88. The summed E-state index contributed by atoms with van der Waals surface area (Å²) in [6.45, 7) is 8.16. The summed E-state index contributed by atoms with van der Waals surface area (Å²) in [4.78, 5) is 16.3. The molecule has 0 radical (unpaired) electrons. The minimum absolute atomic E-state index is 0.0661. The molecule has 2 aliphatic rings. The van der Waals surface area contributed by atoms with Gasteiger partial charge in [0.15, 0.2) is 0 Å². The predicted molar refractivity (Wildman–Crippen MR) is 123 cm³/mol. The molecule has 2 heterocycles. The van der Waals surface area contributed by atoms with Gasteiger partial charge in [-0.05, 0) is 43.9 Å². The number of carbonyl (C=O) groups is 1. The Morgan fingerprint density at radius 3 is 2.45 bits per heavy atom. The van der Waals surface area contributed by atoms with Crippen molar-refractivity contribution in [3.05, 3.63) is 47.5 Å². The van der Waals surface area contributed by atoms with E-state index < -0.39 is 10.0 Å². The van der Waals surface area contributed by atoms with Crippen LogP contribution in [-0.2, 0) is 21.2 Å². The monoisotopic (exact) mass is 469 g/mol. The van der Waals surface area contributed by atoms with Crippen molar-refractivity contribution in [3.63, 3.8) is 0 Å². The van der Waals surface area contributed by atoms with Crippen LogP contribution in [0.1, 0.15) is 25.3 Å². The Morgan fingerprint density at radius 1 is 1.23 bits per heavy atom. The normalized spacial score (nSPS) is 24.2. The number of sulfonamides is 1. The quantitative estimate of drug-likeness (QED) is 0.599. The number of ether oxygens (including phenoxy) is 1. The third-order valence-electron chi connectivity index (χ3n) is 6.15. The van der Waals surface area contributed by atoms with Crippen molar-refractivity contribution in [1.29, 1.82) is 0 Å². The topological polar surface area (TPSA) is 70.2 Å². The number of rotatable bonds is 6. The first-order chi connectivity index (χ1) is 14.7. The van der Waals surface area contributed by atoms with Crippen LogP contribution < -0.4 is 0 Å². The smallest absolute Gasteiger partial charge is 0.410 e. The summed E-state index contributed by atoms with van der Waals surface area (Å²) < 4.78 is 31.5. The van der Waals surface area contributed by atoms with Gasteiger partial charge in [0.05, 0.1) is 6.26 Å². The summed E-state index contributed by atoms with van der Waals surface area (Å²) in [6, 6.07) is 8.01. The Hall–Kier alpha value is -1.61. The minimum Gasteiger partial charge on any atom is -0.445 e. The molecular formula is C22H32ClN3O4S. The molecular weight excluding hydrogens is 438 g/mol. The van der Waals surface area contributed by atoms with E-state index >= 15 is 0 Å². The van der Waals surface area contributed by atoms with E-state index in [1.165, 1.54) is 6.26 Å². The maximum absolute atomic E-state index is 12.4. The first kappa shape index (κ1) is 24.0. The number of benzene rings is 1. The van der Waals surface area contributed by atoms with Crippen molar-refractivity contribution < 1.29 is 17.9 Å². The molecule has 31 heavy (non-hydrogen) atoms. The lowest BCUT2D eigenvalue weighted by Crippen LogP contribution is -2.63. The Morgan fingerprint density at radius 2 is 1.87 bits per heavy atom. The summed E-state index contributed by atoms with van der Waals surface area (Å²) in [5.74, 6) is 0. The highest BCUT2D eigenvalue weighted by Gasteiger charge is 2.40. The van der Waals surface area contributed by atoms with Gasteiger partial charge in [-0.3, -0.25) is 4.90 Å². The molecule has 2 aliphatic heterocycles. The summed E-state index contributed by atoms with van der Waals surface area (Å²) in [5, 5.41) is 0.686. The Balaban J connectivity index is 1.72. The van der Waals surface area contributed by atoms with Gasteiger partial charge in [-0.25, -0.2) is 13.2 Å². The van der Waals surface area contributed by atoms with Crippen LogP contribution in [0.4, 0.5) is 4.79 Å². The summed E-state index contributed by atoms with van der Waals surface area (Å²) in [5.41, 5.74) is 1.13. The maximum atomic E-state index is 12.4. The molecule has 3 rings (SSSR count). The van der Waals surface area contributed by atoms with Gasteiger partial charge in [0.2, 0.25) is 10.0 Å². The number of amides is 1. The van der Waals surface area contributed by atoms with Gasteiger partial charge in [-0.15, -0.1) is 0 Å². The fourth-order valence-electron chi connectivity index (χ4n) is 4.62. The van der Waals surface area contributed by atoms with E-state index in [0.29, 0.717) is 37.2 Å². The van der Waals surface area contributed by atoms with E-state index in [9.17, 15) is 13.2 Å². The van der Waals surface area contributed by atoms with Crippen molar-refractivity contribution >= 4 is 27.7 Å². The largest absolute Gasteiger partial charge is 0.445 e. The molecule has 0 N–H and O–H groups in total. The lowest BCUT2D eigenvalue weighted by Gasteiger charge is -2.49. The van der Waals surface area contributed by atoms with Crippen molar-refractivity contribution in [2.24, 2.45) is 0 Å². The van der Waals surface area contributed by atoms with Crippen LogP contribution in [0.2, 0.25) is 5.02 Å². The fraction of sp³-hybridized carbons (Fsp3) is 0.591. The van der Waals surface area contributed by atoms with Crippen LogP contribution in [-0.4, -0.2) is 85.8 Å². The second-order valence-electron chi connectivity index (χ2n) is 8.45. The number of piperazine rings is 1. The average molecular weight is 470 g/mol. The van der Waals surface area contributed by atoms with Crippen molar-refractivity contribution in [2.45, 2.75) is 44.3 Å². The van der Waals surface area contributed by atoms with E-state index in [1.807, 2.05) is 31.2 Å². The highest BCUT2D eigenvalue weighted by Crippen LogP contribution is 2.28. The van der Waals surface area contributed by atoms with E-state index in [-0.39, 0.29) is 24.8 Å². The molecule has 2 fully saturated rings. The number of carbonyl (C=O) groups excluding carboxylic acids is 1. The molecule has 2 atom stereocenters. The van der Waals surface area contributed by atoms with E-state index in [2.05, 4.69) is 11.5 Å². The van der Waals surface area contributed by atoms with Gasteiger partial charge < -0.3 is 9.64 Å². The van der Waals surface area contributed by atoms with Gasteiger partial charge >= 0.3 is 6.09 Å². The molecule has 1 unspecified atom stereocenters. The van der Waals surface area contributed by atoms with Crippen LogP contribution in [0.3, 0.4) is 0 Å². The van der Waals surface area contributed by atoms with Crippen LogP contribution in [0, 0.1) is 0 Å². The van der Waals surface area contributed by atoms with Crippen molar-refractivity contribution in [3.8, 4) is 0 Å². The lowest BCUT2D eigenvalue weighted by atomic mass is 9.95. The number of hydrogen-bond donors (Lipinski definition) is 0. The van der Waals surface area contributed by atoms with Gasteiger partial charge in [0.25, 0.3) is 0 Å². The number of nitrogens with zero attached hydrogens (tertiary/aromatic N) is 3. The Labute approximate surface area is 190 Å². The summed E-state index contributed by atoms with van der Waals surface area (Å²) in [6.07, 6.45) is 4.97. The van der Waals surface area contributed by atoms with E-state index in [1.54, 1.807) is 15.3 Å². The zero-order valence-corrected chi connectivity index (χ0v) is 19.8. The standard InChI is InChI=1S/C22H32ClN3O4S/c1-4-13-30-22(27)24-11-9-20(10-12-24)25-15-17(2)26(31(3,28)29)16-21(25)14-18-5-7-19(23)8-6-18/h4-8,17,20-21H,1,9-16H2,2-3H3/t17-,21?/m0/s1. The number of piperidine rings is 1. The molecule has 0 aliphatic carbocycles. The summed E-state index contributed by atoms with van der Waals surface area (Å²) in [7, 11) is -3.28. The maximum Gasteiger partial charge on any atom is 0.410 e. The molecule has 9 heteroatoms. The van der Waals surface area contributed by atoms with E-state index in [0.717, 1.165) is 24.8 Å². The van der Waals surface area contributed by atoms with Crippen molar-refractivity contribution in [1.82, 2.24) is 14.1 Å². The van der Waals surface area contributed by atoms with Gasteiger partial charge in [-0.2, -0.15) is 4.31 Å². The van der Waals surface area contributed by atoms with Crippen molar-refractivity contribution in [2.75, 3.05) is 39.0 Å². The molecule has 172 valence electrons. The minimum atomic E-state index is -3.28. The molecule has 1 aromatic carbocycles. The average Bonchev–Trinajstić information content (AvgIpc) is 2.74.